The van der Waals surface area contributed by atoms with Gasteiger partial charge >= 0.3 is 0 Å². The van der Waals surface area contributed by atoms with Crippen molar-refractivity contribution in [3.8, 4) is 0 Å². The third-order valence-corrected chi connectivity index (χ3v) is 3.19. The van der Waals surface area contributed by atoms with E-state index in [0.717, 1.165) is 12.1 Å². The van der Waals surface area contributed by atoms with Gasteiger partial charge in [0.2, 0.25) is 0 Å². The monoisotopic (exact) mass is 238 g/mol. The highest BCUT2D eigenvalue weighted by molar-refractivity contribution is 5.46. The molecule has 2 nitrogen and oxygen atoms in total. The molecule has 0 saturated carbocycles. The summed E-state index contributed by atoms with van der Waals surface area (Å²) in [6.45, 7) is 2.83. The number of benzene rings is 1. The zero-order chi connectivity index (χ0) is 12.7. The Balaban J connectivity index is 2.58. The molecular weight excluding hydrogens is 215 g/mol. The van der Waals surface area contributed by atoms with Crippen LogP contribution in [0.1, 0.15) is 32.6 Å². The van der Waals surface area contributed by atoms with E-state index in [-0.39, 0.29) is 5.82 Å². The highest BCUT2D eigenvalue weighted by atomic mass is 19.1. The maximum atomic E-state index is 12.8. The minimum absolute atomic E-state index is 0.197. The van der Waals surface area contributed by atoms with Crippen molar-refractivity contribution in [3.63, 3.8) is 0 Å². The Hall–Kier alpha value is -1.09. The van der Waals surface area contributed by atoms with Crippen LogP contribution in [-0.2, 0) is 0 Å². The lowest BCUT2D eigenvalue weighted by Gasteiger charge is -2.29. The average molecular weight is 238 g/mol. The second-order valence-corrected chi connectivity index (χ2v) is 4.47. The average Bonchev–Trinajstić information content (AvgIpc) is 2.35. The molecule has 0 aromatic heterocycles. The van der Waals surface area contributed by atoms with E-state index in [0.29, 0.717) is 12.6 Å². The molecule has 1 aromatic carbocycles. The maximum Gasteiger partial charge on any atom is 0.123 e. The van der Waals surface area contributed by atoms with Gasteiger partial charge in [-0.3, -0.25) is 0 Å². The molecule has 1 aromatic rings. The molecule has 17 heavy (non-hydrogen) atoms. The fourth-order valence-corrected chi connectivity index (χ4v) is 1.99. The summed E-state index contributed by atoms with van der Waals surface area (Å²) in [4.78, 5) is 2.15. The number of likely N-dealkylation sites (N-methyl/N-ethyl adjacent to an activating group) is 1. The number of rotatable bonds is 7. The minimum atomic E-state index is -0.197. The van der Waals surface area contributed by atoms with E-state index in [4.69, 9.17) is 5.73 Å². The van der Waals surface area contributed by atoms with Crippen molar-refractivity contribution in [1.82, 2.24) is 0 Å². The van der Waals surface area contributed by atoms with Crippen molar-refractivity contribution >= 4 is 5.69 Å². The van der Waals surface area contributed by atoms with Crippen LogP contribution in [0.25, 0.3) is 0 Å². The van der Waals surface area contributed by atoms with Crippen molar-refractivity contribution in [2.24, 2.45) is 5.73 Å². The summed E-state index contributed by atoms with van der Waals surface area (Å²) in [7, 11) is 2.02. The van der Waals surface area contributed by atoms with Gasteiger partial charge in [-0.2, -0.15) is 0 Å². The lowest BCUT2D eigenvalue weighted by molar-refractivity contribution is 0.543. The number of halogens is 1. The van der Waals surface area contributed by atoms with Crippen molar-refractivity contribution < 1.29 is 4.39 Å². The van der Waals surface area contributed by atoms with E-state index in [9.17, 15) is 4.39 Å². The Morgan fingerprint density at radius 3 is 2.41 bits per heavy atom. The van der Waals surface area contributed by atoms with E-state index in [1.54, 1.807) is 12.1 Å². The van der Waals surface area contributed by atoms with Gasteiger partial charge in [-0.05, 0) is 30.7 Å². The molecule has 0 fully saturated rings. The van der Waals surface area contributed by atoms with Gasteiger partial charge in [0, 0.05) is 25.3 Å². The van der Waals surface area contributed by atoms with Crippen LogP contribution in [0.4, 0.5) is 10.1 Å². The van der Waals surface area contributed by atoms with E-state index in [1.165, 1.54) is 31.4 Å². The molecule has 1 unspecified atom stereocenters. The number of anilines is 1. The van der Waals surface area contributed by atoms with Gasteiger partial charge in [0.25, 0.3) is 0 Å². The first-order valence-corrected chi connectivity index (χ1v) is 6.37. The Kier molecular flexibility index (Phi) is 5.98. The summed E-state index contributed by atoms with van der Waals surface area (Å²) < 4.78 is 12.8. The lowest BCUT2D eigenvalue weighted by Crippen LogP contribution is -2.37. The molecule has 1 atom stereocenters. The summed E-state index contributed by atoms with van der Waals surface area (Å²) in [5.41, 5.74) is 6.83. The van der Waals surface area contributed by atoms with Gasteiger partial charge in [-0.25, -0.2) is 4.39 Å². The minimum Gasteiger partial charge on any atom is -0.370 e. The Bertz CT molecular complexity index is 311. The van der Waals surface area contributed by atoms with E-state index in [1.807, 2.05) is 7.05 Å². The SMILES string of the molecule is CCCCCC(CN)N(C)c1ccc(F)cc1. The number of nitrogens with zero attached hydrogens (tertiary/aromatic N) is 1. The fraction of sp³-hybridized carbons (Fsp3) is 0.571. The molecule has 0 saturated heterocycles. The molecule has 0 radical (unpaired) electrons. The van der Waals surface area contributed by atoms with Crippen molar-refractivity contribution in [2.45, 2.75) is 38.6 Å². The van der Waals surface area contributed by atoms with Gasteiger partial charge in [-0.1, -0.05) is 26.2 Å². The molecule has 0 amide bonds. The van der Waals surface area contributed by atoms with Crippen LogP contribution in [-0.4, -0.2) is 19.6 Å². The Morgan fingerprint density at radius 2 is 1.88 bits per heavy atom. The van der Waals surface area contributed by atoms with Crippen molar-refractivity contribution in [1.29, 1.82) is 0 Å². The van der Waals surface area contributed by atoms with Crippen LogP contribution in [0.2, 0.25) is 0 Å². The quantitative estimate of drug-likeness (QED) is 0.739. The molecule has 0 aliphatic carbocycles. The number of unbranched alkanes of at least 4 members (excludes halogenated alkanes) is 2. The largest absolute Gasteiger partial charge is 0.370 e. The summed E-state index contributed by atoms with van der Waals surface area (Å²) in [5, 5.41) is 0. The topological polar surface area (TPSA) is 29.3 Å². The maximum absolute atomic E-state index is 12.8. The van der Waals surface area contributed by atoms with Crippen LogP contribution in [0.3, 0.4) is 0 Å². The van der Waals surface area contributed by atoms with Crippen molar-refractivity contribution in [2.75, 3.05) is 18.5 Å². The van der Waals surface area contributed by atoms with Crippen LogP contribution < -0.4 is 10.6 Å². The van der Waals surface area contributed by atoms with Crippen LogP contribution >= 0.6 is 0 Å². The first-order chi connectivity index (χ1) is 8.19. The third kappa shape index (κ3) is 4.35. The molecular formula is C14H23FN2. The third-order valence-electron chi connectivity index (χ3n) is 3.19. The molecule has 2 N–H and O–H groups in total. The van der Waals surface area contributed by atoms with Gasteiger partial charge < -0.3 is 10.6 Å². The second kappa shape index (κ2) is 7.28. The van der Waals surface area contributed by atoms with Gasteiger partial charge in [0.05, 0.1) is 0 Å². The standard InChI is InChI=1S/C14H23FN2/c1-3-4-5-6-14(11-16)17(2)13-9-7-12(15)8-10-13/h7-10,14H,3-6,11,16H2,1-2H3. The highest BCUT2D eigenvalue weighted by Gasteiger charge is 2.13. The first-order valence-electron chi connectivity index (χ1n) is 6.37. The highest BCUT2D eigenvalue weighted by Crippen LogP contribution is 2.18. The summed E-state index contributed by atoms with van der Waals surface area (Å²) >= 11 is 0. The molecule has 3 heteroatoms. The molecule has 0 spiro atoms. The van der Waals surface area contributed by atoms with Crippen LogP contribution in [0.15, 0.2) is 24.3 Å². The number of hydrogen-bond acceptors (Lipinski definition) is 2. The molecule has 0 heterocycles. The summed E-state index contributed by atoms with van der Waals surface area (Å²) in [5.74, 6) is -0.197. The molecule has 96 valence electrons. The fourth-order valence-electron chi connectivity index (χ4n) is 1.99. The van der Waals surface area contributed by atoms with Crippen LogP contribution in [0, 0.1) is 5.82 Å². The zero-order valence-corrected chi connectivity index (χ0v) is 10.8. The van der Waals surface area contributed by atoms with Gasteiger partial charge in [0.15, 0.2) is 0 Å². The Labute approximate surface area is 104 Å². The molecule has 0 aliphatic rings. The smallest absolute Gasteiger partial charge is 0.123 e. The number of nitrogens with two attached hydrogens (primary N) is 1. The summed E-state index contributed by atoms with van der Waals surface area (Å²) in [6.07, 6.45) is 4.76. The Morgan fingerprint density at radius 1 is 1.24 bits per heavy atom. The van der Waals surface area contributed by atoms with Crippen LogP contribution in [0.5, 0.6) is 0 Å². The predicted molar refractivity (Wildman–Crippen MR) is 71.8 cm³/mol. The normalized spacial score (nSPS) is 12.5. The van der Waals surface area contributed by atoms with E-state index >= 15 is 0 Å². The second-order valence-electron chi connectivity index (χ2n) is 4.47. The zero-order valence-electron chi connectivity index (χ0n) is 10.8. The van der Waals surface area contributed by atoms with Crippen molar-refractivity contribution in [3.05, 3.63) is 30.1 Å². The predicted octanol–water partition coefficient (Wildman–Crippen LogP) is 3.17. The molecule has 1 rings (SSSR count). The molecule has 0 aliphatic heterocycles. The molecule has 0 bridgehead atoms. The van der Waals surface area contributed by atoms with E-state index in [2.05, 4.69) is 11.8 Å². The lowest BCUT2D eigenvalue weighted by atomic mass is 10.1. The van der Waals surface area contributed by atoms with Gasteiger partial charge in [-0.15, -0.1) is 0 Å². The first kappa shape index (κ1) is 14.0. The van der Waals surface area contributed by atoms with E-state index < -0.39 is 0 Å². The summed E-state index contributed by atoms with van der Waals surface area (Å²) in [6, 6.07) is 6.93. The number of hydrogen-bond donors (Lipinski definition) is 1. The van der Waals surface area contributed by atoms with Gasteiger partial charge in [0.1, 0.15) is 5.82 Å².